The second-order valence-corrected chi connectivity index (χ2v) is 4.42. The van der Waals surface area contributed by atoms with Gasteiger partial charge < -0.3 is 5.32 Å². The van der Waals surface area contributed by atoms with Gasteiger partial charge in [-0.05, 0) is 30.7 Å². The number of rotatable bonds is 2. The highest BCUT2D eigenvalue weighted by molar-refractivity contribution is 6.34. The number of carbonyl (C=O) groups excluding carboxylic acids is 1. The second kappa shape index (κ2) is 5.33. The van der Waals surface area contributed by atoms with Crippen LogP contribution in [-0.4, -0.2) is 16.1 Å². The first-order chi connectivity index (χ1) is 8.58. The zero-order valence-electron chi connectivity index (χ0n) is 9.45. The van der Waals surface area contributed by atoms with E-state index in [9.17, 15) is 4.79 Å². The maximum Gasteiger partial charge on any atom is 0.276 e. The minimum Gasteiger partial charge on any atom is -0.319 e. The summed E-state index contributed by atoms with van der Waals surface area (Å²) in [6.07, 6.45) is 0. The molecule has 18 heavy (non-hydrogen) atoms. The molecule has 0 aliphatic heterocycles. The summed E-state index contributed by atoms with van der Waals surface area (Å²) in [5, 5.41) is 10.7. The first-order valence-electron chi connectivity index (χ1n) is 5.13. The van der Waals surface area contributed by atoms with Crippen molar-refractivity contribution < 1.29 is 4.79 Å². The summed E-state index contributed by atoms with van der Waals surface area (Å²) < 4.78 is 0. The summed E-state index contributed by atoms with van der Waals surface area (Å²) in [4.78, 5) is 11.9. The molecule has 0 spiro atoms. The number of carbonyl (C=O) groups is 1. The molecule has 1 aromatic carbocycles. The van der Waals surface area contributed by atoms with Crippen molar-refractivity contribution in [2.24, 2.45) is 0 Å². The van der Waals surface area contributed by atoms with Crippen LogP contribution in [0.4, 0.5) is 5.69 Å². The van der Waals surface area contributed by atoms with Crippen LogP contribution in [-0.2, 0) is 0 Å². The Balaban J connectivity index is 2.24. The Morgan fingerprint density at radius 1 is 1.17 bits per heavy atom. The minimum atomic E-state index is -0.379. The Morgan fingerprint density at radius 2 is 1.94 bits per heavy atom. The van der Waals surface area contributed by atoms with E-state index >= 15 is 0 Å². The predicted molar refractivity (Wildman–Crippen MR) is 71.2 cm³/mol. The first-order valence-corrected chi connectivity index (χ1v) is 5.89. The molecule has 0 fully saturated rings. The van der Waals surface area contributed by atoms with Crippen molar-refractivity contribution in [2.45, 2.75) is 6.92 Å². The molecule has 1 N–H and O–H groups in total. The molecular weight excluding hydrogens is 273 g/mol. The molecule has 0 saturated carbocycles. The molecule has 1 amide bonds. The number of anilines is 1. The van der Waals surface area contributed by atoms with Gasteiger partial charge in [-0.3, -0.25) is 4.79 Å². The summed E-state index contributed by atoms with van der Waals surface area (Å²) in [7, 11) is 0. The Hall–Kier alpha value is -1.65. The van der Waals surface area contributed by atoms with Crippen molar-refractivity contribution in [3.8, 4) is 0 Å². The number of nitrogens with one attached hydrogen (secondary N) is 1. The van der Waals surface area contributed by atoms with Crippen molar-refractivity contribution in [2.75, 3.05) is 5.32 Å². The van der Waals surface area contributed by atoms with E-state index in [0.717, 1.165) is 5.56 Å². The number of hydrogen-bond acceptors (Lipinski definition) is 3. The van der Waals surface area contributed by atoms with Gasteiger partial charge in [0.2, 0.25) is 0 Å². The molecule has 6 heteroatoms. The third-order valence-electron chi connectivity index (χ3n) is 2.33. The Bertz CT molecular complexity index is 564. The molecule has 1 aromatic heterocycles. The maximum atomic E-state index is 11.9. The number of aromatic nitrogens is 2. The molecule has 4 nitrogen and oxygen atoms in total. The fourth-order valence-corrected chi connectivity index (χ4v) is 1.77. The predicted octanol–water partition coefficient (Wildman–Crippen LogP) is 3.34. The summed E-state index contributed by atoms with van der Waals surface area (Å²) >= 11 is 11.6. The van der Waals surface area contributed by atoms with E-state index in [4.69, 9.17) is 23.2 Å². The van der Waals surface area contributed by atoms with Gasteiger partial charge in [0.05, 0.1) is 10.7 Å². The highest BCUT2D eigenvalue weighted by atomic mass is 35.5. The zero-order valence-corrected chi connectivity index (χ0v) is 11.0. The third-order valence-corrected chi connectivity index (χ3v) is 2.84. The first kappa shape index (κ1) is 12.8. The fraction of sp³-hybridized carbons (Fsp3) is 0.0833. The quantitative estimate of drug-likeness (QED) is 0.919. The highest BCUT2D eigenvalue weighted by Crippen LogP contribution is 2.25. The zero-order chi connectivity index (χ0) is 13.1. The average Bonchev–Trinajstić information content (AvgIpc) is 2.34. The lowest BCUT2D eigenvalue weighted by Gasteiger charge is -2.09. The molecule has 0 bridgehead atoms. The Labute approximate surface area is 114 Å². The van der Waals surface area contributed by atoms with Crippen LogP contribution in [0.1, 0.15) is 16.1 Å². The molecule has 1 heterocycles. The van der Waals surface area contributed by atoms with E-state index in [0.29, 0.717) is 10.7 Å². The largest absolute Gasteiger partial charge is 0.319 e. The van der Waals surface area contributed by atoms with E-state index < -0.39 is 0 Å². The van der Waals surface area contributed by atoms with E-state index in [1.807, 2.05) is 19.1 Å². The van der Waals surface area contributed by atoms with Crippen molar-refractivity contribution in [3.63, 3.8) is 0 Å². The summed E-state index contributed by atoms with van der Waals surface area (Å²) in [6, 6.07) is 8.38. The van der Waals surface area contributed by atoms with Crippen LogP contribution in [0.25, 0.3) is 0 Å². The number of benzene rings is 1. The number of halogens is 2. The molecule has 92 valence electrons. The molecule has 0 atom stereocenters. The van der Waals surface area contributed by atoms with E-state index in [1.165, 1.54) is 12.1 Å². The van der Waals surface area contributed by atoms with E-state index in [1.54, 1.807) is 6.07 Å². The fourth-order valence-electron chi connectivity index (χ4n) is 1.40. The smallest absolute Gasteiger partial charge is 0.276 e. The Morgan fingerprint density at radius 3 is 2.56 bits per heavy atom. The average molecular weight is 282 g/mol. The van der Waals surface area contributed by atoms with Crippen molar-refractivity contribution in [1.82, 2.24) is 10.2 Å². The van der Waals surface area contributed by atoms with Crippen LogP contribution in [0.2, 0.25) is 10.2 Å². The molecule has 0 saturated heterocycles. The number of nitrogens with zero attached hydrogens (tertiary/aromatic N) is 2. The molecule has 0 unspecified atom stereocenters. The van der Waals surface area contributed by atoms with Crippen molar-refractivity contribution in [1.29, 1.82) is 0 Å². The van der Waals surface area contributed by atoms with Gasteiger partial charge in [0.25, 0.3) is 5.91 Å². The van der Waals surface area contributed by atoms with Gasteiger partial charge in [0.15, 0.2) is 10.8 Å². The highest BCUT2D eigenvalue weighted by Gasteiger charge is 2.11. The normalized spacial score (nSPS) is 10.2. The summed E-state index contributed by atoms with van der Waals surface area (Å²) in [5.74, 6) is -0.379. The van der Waals surface area contributed by atoms with Gasteiger partial charge >= 0.3 is 0 Å². The monoisotopic (exact) mass is 281 g/mol. The lowest BCUT2D eigenvalue weighted by molar-refractivity contribution is 0.102. The maximum absolute atomic E-state index is 11.9. The minimum absolute atomic E-state index is 0.179. The van der Waals surface area contributed by atoms with Crippen LogP contribution in [0.3, 0.4) is 0 Å². The van der Waals surface area contributed by atoms with Gasteiger partial charge in [-0.1, -0.05) is 35.3 Å². The van der Waals surface area contributed by atoms with E-state index in [-0.39, 0.29) is 16.8 Å². The third kappa shape index (κ3) is 2.78. The SMILES string of the molecule is Cc1cccc(Cl)c1NC(=O)c1ccc(Cl)nn1. The molecule has 2 rings (SSSR count). The van der Waals surface area contributed by atoms with Crippen LogP contribution in [0, 0.1) is 6.92 Å². The lowest BCUT2D eigenvalue weighted by atomic mass is 10.2. The lowest BCUT2D eigenvalue weighted by Crippen LogP contribution is -2.15. The molecule has 0 aliphatic rings. The molecule has 2 aromatic rings. The number of hydrogen-bond donors (Lipinski definition) is 1. The van der Waals surface area contributed by atoms with Crippen molar-refractivity contribution in [3.05, 3.63) is 51.8 Å². The number of amides is 1. The number of para-hydroxylation sites is 1. The van der Waals surface area contributed by atoms with Crippen LogP contribution in [0.15, 0.2) is 30.3 Å². The van der Waals surface area contributed by atoms with Crippen LogP contribution in [0.5, 0.6) is 0 Å². The van der Waals surface area contributed by atoms with Gasteiger partial charge in [0, 0.05) is 0 Å². The summed E-state index contributed by atoms with van der Waals surface area (Å²) in [5.41, 5.74) is 1.62. The summed E-state index contributed by atoms with van der Waals surface area (Å²) in [6.45, 7) is 1.86. The van der Waals surface area contributed by atoms with Gasteiger partial charge in [-0.15, -0.1) is 10.2 Å². The standard InChI is InChI=1S/C12H9Cl2N3O/c1-7-3-2-4-8(13)11(7)15-12(18)9-5-6-10(14)17-16-9/h2-6H,1H3,(H,15,18). The molecular formula is C12H9Cl2N3O. The number of aryl methyl sites for hydroxylation is 1. The van der Waals surface area contributed by atoms with Crippen molar-refractivity contribution >= 4 is 34.8 Å². The van der Waals surface area contributed by atoms with E-state index in [2.05, 4.69) is 15.5 Å². The molecule has 0 aliphatic carbocycles. The van der Waals surface area contributed by atoms with Crippen LogP contribution < -0.4 is 5.32 Å². The van der Waals surface area contributed by atoms with Gasteiger partial charge in [0.1, 0.15) is 0 Å². The topological polar surface area (TPSA) is 54.9 Å². The molecule has 0 radical (unpaired) electrons. The Kier molecular flexibility index (Phi) is 3.79. The van der Waals surface area contributed by atoms with Crippen LogP contribution >= 0.6 is 23.2 Å². The second-order valence-electron chi connectivity index (χ2n) is 3.63. The van der Waals surface area contributed by atoms with Gasteiger partial charge in [-0.2, -0.15) is 0 Å². The van der Waals surface area contributed by atoms with Gasteiger partial charge in [-0.25, -0.2) is 0 Å².